The summed E-state index contributed by atoms with van der Waals surface area (Å²) >= 11 is 0. The molecule has 5 heteroatoms. The fourth-order valence-electron chi connectivity index (χ4n) is 1.78. The number of hydrogen-bond donors (Lipinski definition) is 1. The van der Waals surface area contributed by atoms with E-state index in [2.05, 4.69) is 0 Å². The third kappa shape index (κ3) is 6.58. The number of ether oxygens (including phenoxy) is 2. The number of benzene rings is 1. The van der Waals surface area contributed by atoms with E-state index < -0.39 is 5.97 Å². The number of hydrogen-bond acceptors (Lipinski definition) is 4. The van der Waals surface area contributed by atoms with Crippen LogP contribution in [0.15, 0.2) is 18.2 Å². The summed E-state index contributed by atoms with van der Waals surface area (Å²) < 4.78 is 23.8. The predicted octanol–water partition coefficient (Wildman–Crippen LogP) is 2.83. The monoisotopic (exact) mass is 297 g/mol. The van der Waals surface area contributed by atoms with Crippen molar-refractivity contribution < 1.29 is 18.7 Å². The second kappa shape index (κ2) is 9.34. The number of esters is 1. The molecular formula is C16H24FNO3. The van der Waals surface area contributed by atoms with Gasteiger partial charge in [-0.1, -0.05) is 20.3 Å². The van der Waals surface area contributed by atoms with Gasteiger partial charge in [-0.25, -0.2) is 9.18 Å². The molecule has 0 fully saturated rings. The first kappa shape index (κ1) is 17.4. The Bertz CT molecular complexity index is 451. The van der Waals surface area contributed by atoms with Crippen LogP contribution in [-0.4, -0.2) is 25.2 Å². The fraction of sp³-hybridized carbons (Fsp3) is 0.562. The molecule has 118 valence electrons. The molecule has 0 radical (unpaired) electrons. The van der Waals surface area contributed by atoms with Crippen LogP contribution in [-0.2, 0) is 16.0 Å². The number of carbonyl (C=O) groups is 1. The van der Waals surface area contributed by atoms with Gasteiger partial charge < -0.3 is 15.2 Å². The highest BCUT2D eigenvalue weighted by Crippen LogP contribution is 2.21. The average molecular weight is 297 g/mol. The second-order valence-corrected chi connectivity index (χ2v) is 4.99. The lowest BCUT2D eigenvalue weighted by Gasteiger charge is -2.14. The van der Waals surface area contributed by atoms with Crippen LogP contribution in [0.3, 0.4) is 0 Å². The van der Waals surface area contributed by atoms with Gasteiger partial charge in [0.15, 0.2) is 6.61 Å². The molecule has 1 unspecified atom stereocenters. The summed E-state index contributed by atoms with van der Waals surface area (Å²) in [7, 11) is 0. The van der Waals surface area contributed by atoms with Crippen LogP contribution in [0.1, 0.15) is 38.7 Å². The third-order valence-corrected chi connectivity index (χ3v) is 3.14. The molecule has 0 aliphatic heterocycles. The highest BCUT2D eigenvalue weighted by atomic mass is 19.1. The van der Waals surface area contributed by atoms with E-state index in [1.54, 1.807) is 0 Å². The summed E-state index contributed by atoms with van der Waals surface area (Å²) in [6, 6.07) is 4.16. The zero-order chi connectivity index (χ0) is 15.7. The van der Waals surface area contributed by atoms with Crippen LogP contribution in [0, 0.1) is 5.82 Å². The van der Waals surface area contributed by atoms with Gasteiger partial charge in [0.1, 0.15) is 11.6 Å². The Hall–Kier alpha value is -1.62. The van der Waals surface area contributed by atoms with Crippen LogP contribution < -0.4 is 10.5 Å². The van der Waals surface area contributed by atoms with Crippen LogP contribution >= 0.6 is 0 Å². The van der Waals surface area contributed by atoms with Crippen molar-refractivity contribution in [2.75, 3.05) is 13.2 Å². The Morgan fingerprint density at radius 2 is 2.14 bits per heavy atom. The summed E-state index contributed by atoms with van der Waals surface area (Å²) in [6.07, 6.45) is 3.09. The van der Waals surface area contributed by atoms with Crippen molar-refractivity contribution in [3.63, 3.8) is 0 Å². The van der Waals surface area contributed by atoms with Crippen LogP contribution in [0.5, 0.6) is 5.75 Å². The van der Waals surface area contributed by atoms with Gasteiger partial charge in [0.05, 0.1) is 6.61 Å². The minimum atomic E-state index is -0.418. The molecule has 2 N–H and O–H groups in total. The van der Waals surface area contributed by atoms with E-state index in [0.717, 1.165) is 19.3 Å². The molecule has 0 aromatic heterocycles. The van der Waals surface area contributed by atoms with Crippen molar-refractivity contribution in [2.45, 2.75) is 45.6 Å². The van der Waals surface area contributed by atoms with E-state index in [-0.39, 0.29) is 18.5 Å². The number of halogens is 1. The minimum Gasteiger partial charge on any atom is -0.482 e. The molecule has 0 heterocycles. The van der Waals surface area contributed by atoms with Crippen molar-refractivity contribution in [3.8, 4) is 5.75 Å². The van der Waals surface area contributed by atoms with Crippen LogP contribution in [0.4, 0.5) is 4.39 Å². The highest BCUT2D eigenvalue weighted by Gasteiger charge is 2.11. The zero-order valence-electron chi connectivity index (χ0n) is 12.7. The summed E-state index contributed by atoms with van der Waals surface area (Å²) in [6.45, 7) is 4.21. The van der Waals surface area contributed by atoms with Gasteiger partial charge in [0.2, 0.25) is 0 Å². The maximum Gasteiger partial charge on any atom is 0.344 e. The molecular weight excluding hydrogens is 273 g/mol. The topological polar surface area (TPSA) is 61.5 Å². The first-order valence-electron chi connectivity index (χ1n) is 7.39. The molecule has 0 saturated heterocycles. The molecule has 1 atom stereocenters. The minimum absolute atomic E-state index is 0.0642. The van der Waals surface area contributed by atoms with E-state index >= 15 is 0 Å². The molecule has 0 spiro atoms. The first-order chi connectivity index (χ1) is 10.1. The maximum atomic E-state index is 13.3. The largest absolute Gasteiger partial charge is 0.482 e. The van der Waals surface area contributed by atoms with Gasteiger partial charge in [0.25, 0.3) is 0 Å². The lowest BCUT2D eigenvalue weighted by atomic mass is 10.0. The number of nitrogens with two attached hydrogens (primary N) is 1. The van der Waals surface area contributed by atoms with Gasteiger partial charge in [-0.05, 0) is 43.0 Å². The van der Waals surface area contributed by atoms with E-state index in [9.17, 15) is 9.18 Å². The predicted molar refractivity (Wildman–Crippen MR) is 79.7 cm³/mol. The van der Waals surface area contributed by atoms with Crippen LogP contribution in [0.25, 0.3) is 0 Å². The molecule has 1 aromatic rings. The van der Waals surface area contributed by atoms with Crippen molar-refractivity contribution in [3.05, 3.63) is 29.6 Å². The molecule has 1 rings (SSSR count). The lowest BCUT2D eigenvalue weighted by Crippen LogP contribution is -2.22. The van der Waals surface area contributed by atoms with Gasteiger partial charge in [-0.2, -0.15) is 0 Å². The first-order valence-corrected chi connectivity index (χ1v) is 7.39. The van der Waals surface area contributed by atoms with E-state index in [1.807, 2.05) is 13.8 Å². The Morgan fingerprint density at radius 3 is 2.81 bits per heavy atom. The second-order valence-electron chi connectivity index (χ2n) is 4.99. The number of unbranched alkanes of at least 4 members (excludes halogenated alkanes) is 1. The summed E-state index contributed by atoms with van der Waals surface area (Å²) in [5.74, 6) is -0.280. The quantitative estimate of drug-likeness (QED) is 0.562. The highest BCUT2D eigenvalue weighted by molar-refractivity contribution is 5.71. The number of rotatable bonds is 9. The molecule has 0 aliphatic carbocycles. The Kier molecular flexibility index (Phi) is 7.75. The summed E-state index contributed by atoms with van der Waals surface area (Å²) in [5, 5.41) is 0. The van der Waals surface area contributed by atoms with Crippen molar-refractivity contribution in [1.29, 1.82) is 0 Å². The Balaban J connectivity index is 2.59. The molecule has 0 bridgehead atoms. The lowest BCUT2D eigenvalue weighted by molar-refractivity contribution is -0.146. The smallest absolute Gasteiger partial charge is 0.344 e. The number of carbonyl (C=O) groups excluding carboxylic acids is 1. The van der Waals surface area contributed by atoms with Crippen molar-refractivity contribution in [2.24, 2.45) is 5.73 Å². The SMILES string of the molecule is CCCCOC(=O)COc1ccc(F)cc1CC(N)CC. The van der Waals surface area contributed by atoms with Crippen LogP contribution in [0.2, 0.25) is 0 Å². The summed E-state index contributed by atoms with van der Waals surface area (Å²) in [5.41, 5.74) is 6.56. The van der Waals surface area contributed by atoms with E-state index in [1.165, 1.54) is 18.2 Å². The molecule has 0 aliphatic rings. The molecule has 21 heavy (non-hydrogen) atoms. The van der Waals surface area contributed by atoms with E-state index in [0.29, 0.717) is 24.3 Å². The van der Waals surface area contributed by atoms with E-state index in [4.69, 9.17) is 15.2 Å². The van der Waals surface area contributed by atoms with Gasteiger partial charge in [-0.3, -0.25) is 0 Å². The third-order valence-electron chi connectivity index (χ3n) is 3.14. The van der Waals surface area contributed by atoms with Gasteiger partial charge in [-0.15, -0.1) is 0 Å². The molecule has 0 amide bonds. The van der Waals surface area contributed by atoms with Crippen molar-refractivity contribution in [1.82, 2.24) is 0 Å². The molecule has 4 nitrogen and oxygen atoms in total. The molecule has 1 aromatic carbocycles. The zero-order valence-corrected chi connectivity index (χ0v) is 12.7. The Labute approximate surface area is 125 Å². The standard InChI is InChI=1S/C16H24FNO3/c1-3-5-8-20-16(19)11-21-15-7-6-13(17)9-12(15)10-14(18)4-2/h6-7,9,14H,3-5,8,10-11,18H2,1-2H3. The average Bonchev–Trinajstić information content (AvgIpc) is 2.46. The summed E-state index contributed by atoms with van der Waals surface area (Å²) in [4.78, 5) is 11.5. The van der Waals surface area contributed by atoms with Gasteiger partial charge >= 0.3 is 5.97 Å². The van der Waals surface area contributed by atoms with Crippen molar-refractivity contribution >= 4 is 5.97 Å². The fourth-order valence-corrected chi connectivity index (χ4v) is 1.78. The normalized spacial score (nSPS) is 12.0. The maximum absolute atomic E-state index is 13.3. The Morgan fingerprint density at radius 1 is 1.38 bits per heavy atom. The van der Waals surface area contributed by atoms with Gasteiger partial charge in [0, 0.05) is 6.04 Å². The molecule has 0 saturated carbocycles.